The lowest BCUT2D eigenvalue weighted by molar-refractivity contribution is -0.00701. The average Bonchev–Trinajstić information content (AvgIpc) is 2.94. The van der Waals surface area contributed by atoms with E-state index in [1.165, 1.54) is 24.3 Å². The van der Waals surface area contributed by atoms with Crippen molar-refractivity contribution in [2.24, 2.45) is 0 Å². The van der Waals surface area contributed by atoms with Crippen LogP contribution in [0.2, 0.25) is 5.02 Å². The van der Waals surface area contributed by atoms with E-state index in [2.05, 4.69) is 24.1 Å². The van der Waals surface area contributed by atoms with Crippen molar-refractivity contribution in [3.05, 3.63) is 52.8 Å². The Morgan fingerprint density at radius 3 is 2.50 bits per heavy atom. The number of hydrogen-bond donors (Lipinski definition) is 1. The topological polar surface area (TPSA) is 41.6 Å². The summed E-state index contributed by atoms with van der Waals surface area (Å²) in [6, 6.07) is 8.97. The van der Waals surface area contributed by atoms with Gasteiger partial charge in [0, 0.05) is 27.3 Å². The molecule has 2 unspecified atom stereocenters. The lowest BCUT2D eigenvalue weighted by Crippen LogP contribution is -2.33. The van der Waals surface area contributed by atoms with Crippen LogP contribution >= 0.6 is 11.6 Å². The number of hydrogen-bond acceptors (Lipinski definition) is 3. The molecule has 138 valence electrons. The maximum Gasteiger partial charge on any atom is 0.259 e. The standard InChI is InChI=1S/C19H19ClF2N2O2/c1-11-3-4-12(2)24(11)17-7-6-14(10-16(17)21)23-19(25)15-9-13(20)5-8-18(15)26-22/h5-12H,3-4H2,1-2H3,(H,23,25). The average molecular weight is 381 g/mol. The van der Waals surface area contributed by atoms with Gasteiger partial charge in [-0.3, -0.25) is 9.74 Å². The third-order valence-corrected chi connectivity index (χ3v) is 4.94. The molecule has 4 nitrogen and oxygen atoms in total. The monoisotopic (exact) mass is 380 g/mol. The molecule has 2 aromatic carbocycles. The number of anilines is 2. The molecule has 2 aromatic rings. The van der Waals surface area contributed by atoms with Crippen molar-refractivity contribution >= 4 is 28.9 Å². The first-order valence-electron chi connectivity index (χ1n) is 8.38. The number of nitrogens with one attached hydrogen (secondary N) is 1. The first-order chi connectivity index (χ1) is 12.4. The van der Waals surface area contributed by atoms with Gasteiger partial charge in [0.05, 0.1) is 11.3 Å². The van der Waals surface area contributed by atoms with Crippen LogP contribution in [-0.2, 0) is 0 Å². The Labute approximate surface area is 155 Å². The third kappa shape index (κ3) is 3.60. The van der Waals surface area contributed by atoms with Crippen molar-refractivity contribution in [1.29, 1.82) is 0 Å². The summed E-state index contributed by atoms with van der Waals surface area (Å²) < 4.78 is 27.2. The highest BCUT2D eigenvalue weighted by molar-refractivity contribution is 6.31. The van der Waals surface area contributed by atoms with Crippen molar-refractivity contribution in [1.82, 2.24) is 0 Å². The van der Waals surface area contributed by atoms with Gasteiger partial charge in [-0.1, -0.05) is 11.6 Å². The fourth-order valence-electron chi connectivity index (χ4n) is 3.41. The summed E-state index contributed by atoms with van der Waals surface area (Å²) in [7, 11) is 0. The number of carbonyl (C=O) groups excluding carboxylic acids is 1. The number of halogens is 3. The molecule has 0 bridgehead atoms. The highest BCUT2D eigenvalue weighted by Gasteiger charge is 2.29. The van der Waals surface area contributed by atoms with Crippen molar-refractivity contribution < 1.29 is 18.7 Å². The van der Waals surface area contributed by atoms with Crippen molar-refractivity contribution in [3.8, 4) is 5.75 Å². The number of rotatable bonds is 4. The lowest BCUT2D eigenvalue weighted by atomic mass is 10.1. The second kappa shape index (κ2) is 7.50. The van der Waals surface area contributed by atoms with Crippen LogP contribution in [0.3, 0.4) is 0 Å². The molecule has 1 aliphatic rings. The minimum atomic E-state index is -0.643. The molecule has 1 fully saturated rings. The van der Waals surface area contributed by atoms with E-state index in [9.17, 15) is 13.7 Å². The summed E-state index contributed by atoms with van der Waals surface area (Å²) in [5.74, 6) is -1.32. The zero-order chi connectivity index (χ0) is 18.8. The molecule has 0 aromatic heterocycles. The highest BCUT2D eigenvalue weighted by Crippen LogP contribution is 2.33. The maximum absolute atomic E-state index is 14.6. The molecule has 0 spiro atoms. The van der Waals surface area contributed by atoms with E-state index < -0.39 is 11.7 Å². The second-order valence-electron chi connectivity index (χ2n) is 6.52. The van der Waals surface area contributed by atoms with E-state index >= 15 is 0 Å². The first kappa shape index (κ1) is 18.5. The Morgan fingerprint density at radius 1 is 1.19 bits per heavy atom. The van der Waals surface area contributed by atoms with Gasteiger partial charge in [0.2, 0.25) is 0 Å². The molecule has 1 heterocycles. The smallest absolute Gasteiger partial charge is 0.259 e. The van der Waals surface area contributed by atoms with Gasteiger partial charge in [-0.05, 0) is 63.1 Å². The summed E-state index contributed by atoms with van der Waals surface area (Å²) >= 11 is 5.84. The van der Waals surface area contributed by atoms with Crippen LogP contribution in [0.5, 0.6) is 5.75 Å². The van der Waals surface area contributed by atoms with Crippen LogP contribution in [-0.4, -0.2) is 18.0 Å². The van der Waals surface area contributed by atoms with E-state index in [1.54, 1.807) is 12.1 Å². The molecule has 1 amide bonds. The van der Waals surface area contributed by atoms with Crippen LogP contribution in [0.4, 0.5) is 20.3 Å². The lowest BCUT2D eigenvalue weighted by Gasteiger charge is -2.29. The van der Waals surface area contributed by atoms with Gasteiger partial charge < -0.3 is 10.2 Å². The normalized spacial score (nSPS) is 19.5. The summed E-state index contributed by atoms with van der Waals surface area (Å²) in [6.45, 7) is 4.13. The van der Waals surface area contributed by atoms with Gasteiger partial charge in [-0.25, -0.2) is 4.39 Å². The molecule has 0 radical (unpaired) electrons. The molecule has 1 saturated heterocycles. The summed E-state index contributed by atoms with van der Waals surface area (Å²) in [4.78, 5) is 18.1. The van der Waals surface area contributed by atoms with Crippen molar-refractivity contribution in [2.75, 3.05) is 10.2 Å². The van der Waals surface area contributed by atoms with Gasteiger partial charge in [0.25, 0.3) is 5.91 Å². The number of nitrogens with zero attached hydrogens (tertiary/aromatic N) is 1. The van der Waals surface area contributed by atoms with E-state index in [0.29, 0.717) is 5.69 Å². The minimum absolute atomic E-state index is 0.0775. The zero-order valence-corrected chi connectivity index (χ0v) is 15.2. The van der Waals surface area contributed by atoms with Gasteiger partial charge in [0.1, 0.15) is 5.82 Å². The fraction of sp³-hybridized carbons (Fsp3) is 0.316. The second-order valence-corrected chi connectivity index (χ2v) is 6.96. The van der Waals surface area contributed by atoms with E-state index in [-0.39, 0.29) is 34.1 Å². The Balaban J connectivity index is 1.82. The third-order valence-electron chi connectivity index (χ3n) is 4.71. The number of amides is 1. The Bertz CT molecular complexity index is 821. The Morgan fingerprint density at radius 2 is 1.88 bits per heavy atom. The molecular formula is C19H19ClF2N2O2. The first-order valence-corrected chi connectivity index (χ1v) is 8.76. The van der Waals surface area contributed by atoms with Crippen LogP contribution < -0.4 is 15.2 Å². The van der Waals surface area contributed by atoms with Crippen LogP contribution in [0.15, 0.2) is 36.4 Å². The van der Waals surface area contributed by atoms with E-state index in [1.807, 2.05) is 4.90 Å². The largest absolute Gasteiger partial charge is 0.364 e. The quantitative estimate of drug-likeness (QED) is 0.775. The highest BCUT2D eigenvalue weighted by atomic mass is 35.5. The molecule has 1 aliphatic heterocycles. The molecule has 0 aliphatic carbocycles. The molecule has 2 atom stereocenters. The predicted molar refractivity (Wildman–Crippen MR) is 98.2 cm³/mol. The van der Waals surface area contributed by atoms with Gasteiger partial charge >= 0.3 is 0 Å². The van der Waals surface area contributed by atoms with Crippen molar-refractivity contribution in [3.63, 3.8) is 0 Å². The Kier molecular flexibility index (Phi) is 5.32. The van der Waals surface area contributed by atoms with Gasteiger partial charge in [0.15, 0.2) is 5.75 Å². The van der Waals surface area contributed by atoms with Gasteiger partial charge in [-0.2, -0.15) is 0 Å². The molecule has 26 heavy (non-hydrogen) atoms. The number of carbonyl (C=O) groups is 1. The van der Waals surface area contributed by atoms with Crippen LogP contribution in [0.1, 0.15) is 37.0 Å². The fourth-order valence-corrected chi connectivity index (χ4v) is 3.58. The van der Waals surface area contributed by atoms with E-state index in [4.69, 9.17) is 11.6 Å². The molecular weight excluding hydrogens is 362 g/mol. The molecule has 3 rings (SSSR count). The molecule has 7 heteroatoms. The summed E-state index contributed by atoms with van der Waals surface area (Å²) in [6.07, 6.45) is 2.03. The van der Waals surface area contributed by atoms with E-state index in [0.717, 1.165) is 12.8 Å². The van der Waals surface area contributed by atoms with Crippen molar-refractivity contribution in [2.45, 2.75) is 38.8 Å². The predicted octanol–water partition coefficient (Wildman–Crippen LogP) is 5.37. The molecule has 1 N–H and O–H groups in total. The Hall–Kier alpha value is -2.34. The minimum Gasteiger partial charge on any atom is -0.364 e. The van der Waals surface area contributed by atoms with Gasteiger partial charge in [-0.15, -0.1) is 0 Å². The van der Waals surface area contributed by atoms with Crippen LogP contribution in [0.25, 0.3) is 0 Å². The maximum atomic E-state index is 14.6. The number of benzene rings is 2. The summed E-state index contributed by atoms with van der Waals surface area (Å²) in [5.41, 5.74) is 0.697. The molecule has 0 saturated carbocycles. The SMILES string of the molecule is CC1CCC(C)N1c1ccc(NC(=O)c2cc(Cl)ccc2OF)cc1F. The van der Waals surface area contributed by atoms with Crippen LogP contribution in [0, 0.1) is 5.82 Å². The zero-order valence-electron chi connectivity index (χ0n) is 14.4. The summed E-state index contributed by atoms with van der Waals surface area (Å²) in [5, 5.41) is 2.80.